The number of hydrogen-bond donors (Lipinski definition) is 1. The average Bonchev–Trinajstić information content (AvgIpc) is 4.04. The van der Waals surface area contributed by atoms with Crippen LogP contribution >= 0.6 is 0 Å². The van der Waals surface area contributed by atoms with E-state index in [9.17, 15) is 5.11 Å². The molecule has 61 heavy (non-hydrogen) atoms. The summed E-state index contributed by atoms with van der Waals surface area (Å²) in [5.74, 6) is 0.903. The number of benzene rings is 9. The number of rotatable bonds is 3. The zero-order valence-electron chi connectivity index (χ0n) is 32.9. The lowest BCUT2D eigenvalue weighted by Crippen LogP contribution is -2.26. The highest BCUT2D eigenvalue weighted by Gasteiger charge is 2.52. The van der Waals surface area contributed by atoms with Crippen molar-refractivity contribution < 1.29 is 5.11 Å². The lowest BCUT2D eigenvalue weighted by atomic mass is 9.70. The lowest BCUT2D eigenvalue weighted by molar-refractivity contribution is 0.155. The molecule has 2 aliphatic carbocycles. The molecule has 0 saturated carbocycles. The standard InChI is InChI=1S/C57H35N3O/c61-56-42-23-5-4-19-38(42)45-30-36(34-15-14-16-35(29-34)55-58-51-27-12-13-28-52(51)59(55)37-17-2-1-3-18-37)31-46-44-32-43-41-22-8-11-26-49(41)57(50(43)33-53(44)60(56)54(45)46)47-24-9-6-20-39(47)40-21-7-10-25-48(40)57/h1-33,56,61H. The summed E-state index contributed by atoms with van der Waals surface area (Å²) in [7, 11) is 0. The van der Waals surface area contributed by atoms with E-state index in [1.165, 1.54) is 44.5 Å². The molecule has 0 saturated heterocycles. The molecular formula is C57H35N3O. The van der Waals surface area contributed by atoms with Crippen LogP contribution in [-0.4, -0.2) is 19.2 Å². The van der Waals surface area contributed by atoms with Gasteiger partial charge in [0.25, 0.3) is 0 Å². The van der Waals surface area contributed by atoms with Gasteiger partial charge in [-0.05, 0) is 116 Å². The zero-order valence-corrected chi connectivity index (χ0v) is 32.9. The molecule has 11 aromatic rings. The summed E-state index contributed by atoms with van der Waals surface area (Å²) in [6, 6.07) is 72.4. The van der Waals surface area contributed by atoms with Gasteiger partial charge in [-0.3, -0.25) is 4.57 Å². The fraction of sp³-hybridized carbons (Fsp3) is 0.0351. The molecule has 1 unspecified atom stereocenters. The Morgan fingerprint density at radius 1 is 0.426 bits per heavy atom. The maximum absolute atomic E-state index is 12.5. The van der Waals surface area contributed by atoms with Crippen LogP contribution in [0.3, 0.4) is 0 Å². The monoisotopic (exact) mass is 777 g/mol. The Morgan fingerprint density at radius 2 is 1.05 bits per heavy atom. The molecule has 1 spiro atoms. The van der Waals surface area contributed by atoms with Gasteiger partial charge in [0.2, 0.25) is 0 Å². The molecule has 0 amide bonds. The van der Waals surface area contributed by atoms with Gasteiger partial charge in [-0.1, -0.05) is 146 Å². The number of aliphatic hydroxyl groups is 1. The molecule has 3 heterocycles. The lowest BCUT2D eigenvalue weighted by Gasteiger charge is -2.31. The normalized spacial score (nSPS) is 14.9. The van der Waals surface area contributed by atoms with Gasteiger partial charge < -0.3 is 9.67 Å². The van der Waals surface area contributed by atoms with Crippen LogP contribution in [-0.2, 0) is 5.41 Å². The molecule has 3 aliphatic rings. The fourth-order valence-electron chi connectivity index (χ4n) is 11.4. The smallest absolute Gasteiger partial charge is 0.158 e. The third-order valence-electron chi connectivity index (χ3n) is 13.8. The Kier molecular flexibility index (Phi) is 6.46. The molecule has 4 heteroatoms. The highest BCUT2D eigenvalue weighted by molar-refractivity contribution is 6.17. The quantitative estimate of drug-likeness (QED) is 0.194. The van der Waals surface area contributed by atoms with E-state index in [-0.39, 0.29) is 0 Å². The summed E-state index contributed by atoms with van der Waals surface area (Å²) in [6.45, 7) is 0. The van der Waals surface area contributed by atoms with Crippen LogP contribution in [0.15, 0.2) is 200 Å². The van der Waals surface area contributed by atoms with E-state index >= 15 is 0 Å². The molecule has 0 fully saturated rings. The minimum atomic E-state index is -0.843. The maximum Gasteiger partial charge on any atom is 0.158 e. The van der Waals surface area contributed by atoms with Crippen LogP contribution < -0.4 is 0 Å². The summed E-state index contributed by atoms with van der Waals surface area (Å²) < 4.78 is 4.47. The van der Waals surface area contributed by atoms with Crippen molar-refractivity contribution in [1.29, 1.82) is 0 Å². The molecule has 1 N–H and O–H groups in total. The predicted octanol–water partition coefficient (Wildman–Crippen LogP) is 13.3. The zero-order chi connectivity index (χ0) is 40.0. The second-order valence-corrected chi connectivity index (χ2v) is 16.7. The number of hydrogen-bond acceptors (Lipinski definition) is 2. The van der Waals surface area contributed by atoms with Crippen LogP contribution in [0.2, 0.25) is 0 Å². The number of aromatic nitrogens is 3. The van der Waals surface area contributed by atoms with Crippen molar-refractivity contribution in [2.24, 2.45) is 0 Å². The van der Waals surface area contributed by atoms with Gasteiger partial charge in [0.05, 0.1) is 27.5 Å². The van der Waals surface area contributed by atoms with Gasteiger partial charge in [-0.15, -0.1) is 0 Å². The van der Waals surface area contributed by atoms with Gasteiger partial charge >= 0.3 is 0 Å². The second kappa shape index (κ2) is 11.9. The Labute approximate surface area is 351 Å². The molecular weight excluding hydrogens is 743 g/mol. The van der Waals surface area contributed by atoms with Crippen LogP contribution in [0.25, 0.3) is 94.4 Å². The van der Waals surface area contributed by atoms with Crippen molar-refractivity contribution in [3.05, 3.63) is 228 Å². The summed E-state index contributed by atoms with van der Waals surface area (Å²) in [6.07, 6.45) is -0.843. The van der Waals surface area contributed by atoms with Crippen molar-refractivity contribution in [3.63, 3.8) is 0 Å². The molecule has 0 bridgehead atoms. The van der Waals surface area contributed by atoms with Crippen LogP contribution in [0, 0.1) is 0 Å². The molecule has 14 rings (SSSR count). The Balaban J connectivity index is 1.05. The minimum absolute atomic E-state index is 0.480. The van der Waals surface area contributed by atoms with E-state index in [0.717, 1.165) is 77.7 Å². The SMILES string of the molecule is OC1c2ccccc2-c2cc(-c3cccc(-c4nc5ccccc5n4-c4ccccc4)c3)cc3c4cc5c(cc4n1c23)C1(c2ccccc2-c2ccccc21)c1ccccc1-5. The molecule has 284 valence electrons. The van der Waals surface area contributed by atoms with E-state index in [1.54, 1.807) is 0 Å². The number of fused-ring (bicyclic) bond motifs is 16. The van der Waals surface area contributed by atoms with Crippen molar-refractivity contribution in [2.45, 2.75) is 11.6 Å². The third-order valence-corrected chi connectivity index (χ3v) is 13.8. The first-order valence-corrected chi connectivity index (χ1v) is 21.0. The van der Waals surface area contributed by atoms with Crippen LogP contribution in [0.1, 0.15) is 34.0 Å². The summed E-state index contributed by atoms with van der Waals surface area (Å²) in [5, 5.41) is 14.8. The Hall–Kier alpha value is -7.79. The van der Waals surface area contributed by atoms with E-state index in [4.69, 9.17) is 4.98 Å². The summed E-state index contributed by atoms with van der Waals surface area (Å²) in [4.78, 5) is 5.21. The largest absolute Gasteiger partial charge is 0.369 e. The highest BCUT2D eigenvalue weighted by atomic mass is 16.3. The van der Waals surface area contributed by atoms with Crippen LogP contribution in [0.5, 0.6) is 0 Å². The molecule has 2 aromatic heterocycles. The van der Waals surface area contributed by atoms with E-state index in [1.807, 2.05) is 6.07 Å². The first-order chi connectivity index (χ1) is 30.2. The number of nitrogens with zero attached hydrogens (tertiary/aromatic N) is 3. The van der Waals surface area contributed by atoms with Gasteiger partial charge in [-0.25, -0.2) is 4.98 Å². The number of aliphatic hydroxyl groups excluding tert-OH is 1. The highest BCUT2D eigenvalue weighted by Crippen LogP contribution is 2.63. The first kappa shape index (κ1) is 33.1. The van der Waals surface area contributed by atoms with Gasteiger partial charge in [0.1, 0.15) is 5.82 Å². The van der Waals surface area contributed by atoms with Gasteiger partial charge in [0, 0.05) is 33.2 Å². The van der Waals surface area contributed by atoms with Crippen molar-refractivity contribution in [1.82, 2.24) is 14.1 Å². The van der Waals surface area contributed by atoms with Gasteiger partial charge in [0.15, 0.2) is 6.23 Å². The average molecular weight is 778 g/mol. The minimum Gasteiger partial charge on any atom is -0.369 e. The van der Waals surface area contributed by atoms with E-state index in [2.05, 4.69) is 203 Å². The first-order valence-electron chi connectivity index (χ1n) is 21.0. The van der Waals surface area contributed by atoms with Crippen molar-refractivity contribution in [2.75, 3.05) is 0 Å². The van der Waals surface area contributed by atoms with Gasteiger partial charge in [-0.2, -0.15) is 0 Å². The summed E-state index contributed by atoms with van der Waals surface area (Å²) >= 11 is 0. The van der Waals surface area contributed by atoms with Crippen LogP contribution in [0.4, 0.5) is 0 Å². The number of para-hydroxylation sites is 3. The predicted molar refractivity (Wildman–Crippen MR) is 247 cm³/mol. The fourth-order valence-corrected chi connectivity index (χ4v) is 11.4. The van der Waals surface area contributed by atoms with Crippen molar-refractivity contribution >= 4 is 32.8 Å². The Morgan fingerprint density at radius 3 is 1.80 bits per heavy atom. The third kappa shape index (κ3) is 4.19. The molecule has 9 aromatic carbocycles. The molecule has 0 radical (unpaired) electrons. The molecule has 1 aliphatic heterocycles. The Bertz CT molecular complexity index is 3640. The van der Waals surface area contributed by atoms with E-state index in [0.29, 0.717) is 0 Å². The van der Waals surface area contributed by atoms with Crippen molar-refractivity contribution in [3.8, 4) is 61.6 Å². The second-order valence-electron chi connectivity index (χ2n) is 16.7. The number of imidazole rings is 1. The topological polar surface area (TPSA) is 43.0 Å². The van der Waals surface area contributed by atoms with E-state index < -0.39 is 11.6 Å². The maximum atomic E-state index is 12.5. The molecule has 1 atom stereocenters. The molecule has 4 nitrogen and oxygen atoms in total. The summed E-state index contributed by atoms with van der Waals surface area (Å²) in [5.41, 5.74) is 21.4.